The highest BCUT2D eigenvalue weighted by Crippen LogP contribution is 2.87. The summed E-state index contributed by atoms with van der Waals surface area (Å²) >= 11 is 0. The minimum atomic E-state index is -0.918. The molecule has 2 N–H and O–H groups in total. The number of amides is 1. The Bertz CT molecular complexity index is 1190. The molecular formula is C39H66N2O6. The molecule has 1 amide bonds. The van der Waals surface area contributed by atoms with Gasteiger partial charge in [-0.05, 0) is 139 Å². The van der Waals surface area contributed by atoms with Gasteiger partial charge < -0.3 is 29.3 Å². The SMILES string of the molecule is CCO[C@@H](C1CCC2C(CC3C4CCC5C(C)(C)[C@@H](OC(=O)N6CCN(CC(C)(C)O)CC6)CCC56C[C@@]46CCC23C)O1)C(C)(C)O. The molecule has 2 heterocycles. The Morgan fingerprint density at radius 2 is 1.60 bits per heavy atom. The van der Waals surface area contributed by atoms with Crippen molar-refractivity contribution >= 4 is 6.09 Å². The molecule has 47 heavy (non-hydrogen) atoms. The highest BCUT2D eigenvalue weighted by Gasteiger charge is 2.81. The van der Waals surface area contributed by atoms with E-state index in [2.05, 4.69) is 25.7 Å². The monoisotopic (exact) mass is 658 g/mol. The molecule has 0 aromatic heterocycles. The van der Waals surface area contributed by atoms with Crippen LogP contribution in [0.4, 0.5) is 4.79 Å². The van der Waals surface area contributed by atoms with Crippen molar-refractivity contribution < 1.29 is 29.2 Å². The van der Waals surface area contributed by atoms with E-state index in [4.69, 9.17) is 14.2 Å². The maximum atomic E-state index is 13.5. The van der Waals surface area contributed by atoms with Crippen molar-refractivity contribution in [1.82, 2.24) is 9.80 Å². The number of hydrogen-bond donors (Lipinski definition) is 2. The highest BCUT2D eigenvalue weighted by atomic mass is 16.6. The standard InChI is InChI=1S/C39H66N2O6/c1-9-45-32(36(6,7)44)28-12-10-26-29(46-28)22-27-25-11-13-30-35(4,5)31(14-15-39(30)23-38(25,39)17-16-37(26,27)8)47-33(42)41-20-18-40(19-21-41)24-34(2,3)43/h25-32,43-44H,9-24H2,1-8H3/t25?,26?,27?,28?,29?,30?,31-,32-,37?,38-,39?/m0/s1. The van der Waals surface area contributed by atoms with Gasteiger partial charge in [0.05, 0.1) is 23.4 Å². The van der Waals surface area contributed by atoms with E-state index in [1.54, 1.807) is 0 Å². The number of aliphatic hydroxyl groups is 2. The summed E-state index contributed by atoms with van der Waals surface area (Å²) in [5.74, 6) is 2.71. The van der Waals surface area contributed by atoms with Crippen LogP contribution < -0.4 is 0 Å². The van der Waals surface area contributed by atoms with Gasteiger partial charge in [-0.15, -0.1) is 0 Å². The van der Waals surface area contributed by atoms with Crippen LogP contribution in [0.2, 0.25) is 0 Å². The third-order valence-corrected chi connectivity index (χ3v) is 15.4. The Kier molecular flexibility index (Phi) is 8.48. The number of fused-ring (bicyclic) bond motifs is 4. The summed E-state index contributed by atoms with van der Waals surface area (Å²) in [5, 5.41) is 21.2. The minimum Gasteiger partial charge on any atom is -0.446 e. The Morgan fingerprint density at radius 1 is 0.894 bits per heavy atom. The number of nitrogens with zero attached hydrogens (tertiary/aromatic N) is 2. The van der Waals surface area contributed by atoms with Gasteiger partial charge in [0.15, 0.2) is 0 Å². The summed E-state index contributed by atoms with van der Waals surface area (Å²) < 4.78 is 19.5. The predicted octanol–water partition coefficient (Wildman–Crippen LogP) is 6.26. The van der Waals surface area contributed by atoms with E-state index in [-0.39, 0.29) is 35.9 Å². The third-order valence-electron chi connectivity index (χ3n) is 15.4. The molecule has 0 aromatic carbocycles. The first kappa shape index (κ1) is 34.5. The lowest BCUT2D eigenvalue weighted by Crippen LogP contribution is -2.56. The van der Waals surface area contributed by atoms with Gasteiger partial charge in [0, 0.05) is 44.7 Å². The molecule has 2 spiro atoms. The zero-order valence-corrected chi connectivity index (χ0v) is 30.9. The summed E-state index contributed by atoms with van der Waals surface area (Å²) in [7, 11) is 0. The van der Waals surface area contributed by atoms with Crippen LogP contribution in [0, 0.1) is 45.3 Å². The second kappa shape index (κ2) is 11.5. The Morgan fingerprint density at radius 3 is 2.26 bits per heavy atom. The minimum absolute atomic E-state index is 0.0305. The molecule has 2 aliphatic heterocycles. The first-order chi connectivity index (χ1) is 22.0. The zero-order valence-electron chi connectivity index (χ0n) is 30.9. The summed E-state index contributed by atoms with van der Waals surface area (Å²) in [6, 6.07) is 0. The maximum absolute atomic E-state index is 13.5. The zero-order chi connectivity index (χ0) is 33.8. The fourth-order valence-electron chi connectivity index (χ4n) is 13.5. The smallest absolute Gasteiger partial charge is 0.410 e. The van der Waals surface area contributed by atoms with E-state index in [1.807, 2.05) is 39.5 Å². The van der Waals surface area contributed by atoms with Crippen LogP contribution in [0.5, 0.6) is 0 Å². The van der Waals surface area contributed by atoms with Crippen LogP contribution in [0.3, 0.4) is 0 Å². The average Bonchev–Trinajstić information content (AvgIpc) is 3.56. The summed E-state index contributed by atoms with van der Waals surface area (Å²) in [5.41, 5.74) is -0.465. The van der Waals surface area contributed by atoms with Gasteiger partial charge in [-0.3, -0.25) is 4.90 Å². The topological polar surface area (TPSA) is 91.7 Å². The molecule has 5 saturated carbocycles. The second-order valence-corrected chi connectivity index (χ2v) is 19.3. The molecule has 0 radical (unpaired) electrons. The van der Waals surface area contributed by atoms with Crippen LogP contribution in [0.1, 0.15) is 120 Å². The molecular weight excluding hydrogens is 592 g/mol. The van der Waals surface area contributed by atoms with Crippen LogP contribution in [-0.4, -0.2) is 101 Å². The predicted molar refractivity (Wildman–Crippen MR) is 182 cm³/mol. The van der Waals surface area contributed by atoms with Crippen LogP contribution >= 0.6 is 0 Å². The van der Waals surface area contributed by atoms with Crippen molar-refractivity contribution in [1.29, 1.82) is 0 Å². The molecule has 8 heteroatoms. The van der Waals surface area contributed by atoms with Gasteiger partial charge in [-0.25, -0.2) is 4.79 Å². The summed E-state index contributed by atoms with van der Waals surface area (Å²) in [6.07, 6.45) is 11.9. The maximum Gasteiger partial charge on any atom is 0.410 e. The van der Waals surface area contributed by atoms with E-state index in [0.717, 1.165) is 31.8 Å². The normalized spacial score (nSPS) is 45.1. The van der Waals surface area contributed by atoms with E-state index < -0.39 is 11.2 Å². The van der Waals surface area contributed by atoms with Crippen LogP contribution in [-0.2, 0) is 14.2 Å². The van der Waals surface area contributed by atoms with Gasteiger partial charge in [-0.2, -0.15) is 0 Å². The number of ether oxygens (including phenoxy) is 3. The second-order valence-electron chi connectivity index (χ2n) is 19.3. The molecule has 7 aliphatic rings. The van der Waals surface area contributed by atoms with Gasteiger partial charge in [-0.1, -0.05) is 20.8 Å². The van der Waals surface area contributed by atoms with E-state index in [1.165, 1.54) is 51.4 Å². The largest absolute Gasteiger partial charge is 0.446 e. The molecule has 11 atom stereocenters. The average molecular weight is 659 g/mol. The van der Waals surface area contributed by atoms with Gasteiger partial charge in [0.2, 0.25) is 0 Å². The molecule has 0 bridgehead atoms. The molecule has 8 nitrogen and oxygen atoms in total. The molecule has 7 rings (SSSR count). The lowest BCUT2D eigenvalue weighted by molar-refractivity contribution is -0.193. The number of hydrogen-bond acceptors (Lipinski definition) is 7. The van der Waals surface area contributed by atoms with E-state index >= 15 is 0 Å². The lowest BCUT2D eigenvalue weighted by Gasteiger charge is -2.59. The molecule has 268 valence electrons. The van der Waals surface area contributed by atoms with E-state index in [0.29, 0.717) is 60.2 Å². The first-order valence-electron chi connectivity index (χ1n) is 19.3. The number of piperazine rings is 1. The first-order valence-corrected chi connectivity index (χ1v) is 19.3. The third kappa shape index (κ3) is 5.52. The van der Waals surface area contributed by atoms with Gasteiger partial charge in [0.1, 0.15) is 12.2 Å². The molecule has 5 aliphatic carbocycles. The summed E-state index contributed by atoms with van der Waals surface area (Å²) in [4.78, 5) is 17.6. The number of β-amino-alcohol motifs (C(OH)–C–C–N with tert-alkyl or cyclic N) is 1. The van der Waals surface area contributed by atoms with Crippen molar-refractivity contribution in [2.45, 2.75) is 155 Å². The Labute approximate surface area is 284 Å². The van der Waals surface area contributed by atoms with Crippen molar-refractivity contribution in [2.24, 2.45) is 45.3 Å². The van der Waals surface area contributed by atoms with Crippen LogP contribution in [0.25, 0.3) is 0 Å². The molecule has 8 unspecified atom stereocenters. The molecule has 0 aromatic rings. The van der Waals surface area contributed by atoms with Gasteiger partial charge >= 0.3 is 6.09 Å². The number of carbonyl (C=O) groups is 1. The Hall–Kier alpha value is -0.930. The fourth-order valence-corrected chi connectivity index (χ4v) is 13.5. The van der Waals surface area contributed by atoms with Crippen LogP contribution in [0.15, 0.2) is 0 Å². The summed E-state index contributed by atoms with van der Waals surface area (Å²) in [6.45, 7) is 21.0. The molecule has 2 saturated heterocycles. The number of rotatable bonds is 7. The van der Waals surface area contributed by atoms with Crippen molar-refractivity contribution in [2.75, 3.05) is 39.3 Å². The number of carbonyl (C=O) groups excluding carboxylic acids is 1. The lowest BCUT2D eigenvalue weighted by atomic mass is 9.46. The Balaban J connectivity index is 1.01. The van der Waals surface area contributed by atoms with Crippen molar-refractivity contribution in [3.63, 3.8) is 0 Å². The van der Waals surface area contributed by atoms with E-state index in [9.17, 15) is 15.0 Å². The van der Waals surface area contributed by atoms with Crippen molar-refractivity contribution in [3.8, 4) is 0 Å². The highest BCUT2D eigenvalue weighted by molar-refractivity contribution is 5.68. The van der Waals surface area contributed by atoms with Gasteiger partial charge in [0.25, 0.3) is 0 Å². The quantitative estimate of drug-likeness (QED) is 0.334. The van der Waals surface area contributed by atoms with Crippen molar-refractivity contribution in [3.05, 3.63) is 0 Å². The molecule has 7 fully saturated rings. The fraction of sp³-hybridized carbons (Fsp3) is 0.974.